The molecule has 4 rings (SSSR count). The zero-order valence-electron chi connectivity index (χ0n) is 17.7. The predicted molar refractivity (Wildman–Crippen MR) is 116 cm³/mol. The minimum absolute atomic E-state index is 0.106. The molecule has 12 nitrogen and oxygen atoms in total. The third kappa shape index (κ3) is 4.92. The second-order valence-corrected chi connectivity index (χ2v) is 7.67. The summed E-state index contributed by atoms with van der Waals surface area (Å²) in [6, 6.07) is 9.39. The van der Waals surface area contributed by atoms with Crippen LogP contribution < -0.4 is 16.4 Å². The molecule has 3 heterocycles. The van der Waals surface area contributed by atoms with Gasteiger partial charge in [-0.15, -0.1) is 0 Å². The van der Waals surface area contributed by atoms with E-state index < -0.39 is 30.4 Å². The Morgan fingerprint density at radius 1 is 1.06 bits per heavy atom. The molecular formula is C21H25N7O5. The first-order valence-electron chi connectivity index (χ1n) is 10.5. The van der Waals surface area contributed by atoms with E-state index in [2.05, 4.69) is 25.6 Å². The minimum Gasteiger partial charge on any atom is -0.387 e. The number of aliphatic hydroxyl groups is 2. The predicted octanol–water partition coefficient (Wildman–Crippen LogP) is -1.11. The van der Waals surface area contributed by atoms with Crippen LogP contribution in [0, 0.1) is 0 Å². The van der Waals surface area contributed by atoms with Crippen molar-refractivity contribution in [2.45, 2.75) is 37.4 Å². The van der Waals surface area contributed by atoms with Crippen LogP contribution in [0.15, 0.2) is 43.0 Å². The van der Waals surface area contributed by atoms with Crippen LogP contribution in [0.1, 0.15) is 18.2 Å². The zero-order valence-corrected chi connectivity index (χ0v) is 17.7. The van der Waals surface area contributed by atoms with E-state index in [4.69, 9.17) is 10.5 Å². The fourth-order valence-electron chi connectivity index (χ4n) is 3.63. The van der Waals surface area contributed by atoms with Gasteiger partial charge in [0.15, 0.2) is 23.8 Å². The van der Waals surface area contributed by atoms with Crippen LogP contribution in [0.4, 0.5) is 5.82 Å². The van der Waals surface area contributed by atoms with Crippen LogP contribution in [0.2, 0.25) is 0 Å². The Labute approximate surface area is 188 Å². The van der Waals surface area contributed by atoms with Gasteiger partial charge in [-0.3, -0.25) is 14.2 Å². The number of fused-ring (bicyclic) bond motifs is 1. The third-order valence-corrected chi connectivity index (χ3v) is 5.34. The molecule has 174 valence electrons. The lowest BCUT2D eigenvalue weighted by Crippen LogP contribution is -2.43. The number of ether oxygens (including phenoxy) is 1. The van der Waals surface area contributed by atoms with E-state index in [1.165, 1.54) is 17.2 Å². The van der Waals surface area contributed by atoms with E-state index in [0.29, 0.717) is 24.1 Å². The molecule has 1 fully saturated rings. The van der Waals surface area contributed by atoms with Crippen LogP contribution in [0.5, 0.6) is 0 Å². The number of hydrogen-bond acceptors (Lipinski definition) is 9. The smallest absolute Gasteiger partial charge is 0.252 e. The molecule has 6 N–H and O–H groups in total. The third-order valence-electron chi connectivity index (χ3n) is 5.34. The Morgan fingerprint density at radius 2 is 1.82 bits per heavy atom. The van der Waals surface area contributed by atoms with Crippen molar-refractivity contribution >= 4 is 28.8 Å². The molecule has 0 saturated carbocycles. The number of nitrogens with one attached hydrogen (secondary N) is 2. The van der Waals surface area contributed by atoms with E-state index in [-0.39, 0.29) is 24.7 Å². The summed E-state index contributed by atoms with van der Waals surface area (Å²) in [5.74, 6) is -0.514. The lowest BCUT2D eigenvalue weighted by Gasteiger charge is -2.16. The lowest BCUT2D eigenvalue weighted by molar-refractivity contribution is -0.137. The fraction of sp³-hybridized carbons (Fsp3) is 0.381. The van der Waals surface area contributed by atoms with Gasteiger partial charge in [-0.25, -0.2) is 15.0 Å². The van der Waals surface area contributed by atoms with Crippen molar-refractivity contribution in [3.63, 3.8) is 0 Å². The van der Waals surface area contributed by atoms with Crippen molar-refractivity contribution in [1.29, 1.82) is 0 Å². The zero-order chi connectivity index (χ0) is 23.4. The molecule has 3 aromatic rings. The highest BCUT2D eigenvalue weighted by Crippen LogP contribution is 2.32. The number of rotatable bonds is 8. The highest BCUT2D eigenvalue weighted by atomic mass is 16.6. The first-order valence-corrected chi connectivity index (χ1v) is 10.5. The van der Waals surface area contributed by atoms with Gasteiger partial charge in [-0.2, -0.15) is 0 Å². The number of carbonyl (C=O) groups is 2. The maximum absolute atomic E-state index is 12.5. The number of carbonyl (C=O) groups excluding carboxylic acids is 2. The molecule has 0 bridgehead atoms. The van der Waals surface area contributed by atoms with Crippen molar-refractivity contribution in [3.05, 3.63) is 48.5 Å². The molecule has 0 unspecified atom stereocenters. The monoisotopic (exact) mass is 455 g/mol. The van der Waals surface area contributed by atoms with Crippen molar-refractivity contribution in [2.75, 3.05) is 18.8 Å². The summed E-state index contributed by atoms with van der Waals surface area (Å²) in [5.41, 5.74) is 7.33. The van der Waals surface area contributed by atoms with Gasteiger partial charge in [0.2, 0.25) is 5.91 Å². The van der Waals surface area contributed by atoms with Gasteiger partial charge >= 0.3 is 0 Å². The van der Waals surface area contributed by atoms with E-state index in [9.17, 15) is 19.8 Å². The van der Waals surface area contributed by atoms with Gasteiger partial charge in [0.05, 0.1) is 12.7 Å². The second-order valence-electron chi connectivity index (χ2n) is 7.67. The maximum Gasteiger partial charge on any atom is 0.252 e. The van der Waals surface area contributed by atoms with Crippen LogP contribution in [0.3, 0.4) is 0 Å². The molecule has 2 amide bonds. The van der Waals surface area contributed by atoms with Gasteiger partial charge in [0.25, 0.3) is 5.91 Å². The number of hydrogen-bond donors (Lipinski definition) is 5. The van der Waals surface area contributed by atoms with Crippen molar-refractivity contribution in [3.8, 4) is 0 Å². The molecular weight excluding hydrogens is 430 g/mol. The van der Waals surface area contributed by atoms with Gasteiger partial charge < -0.3 is 31.3 Å². The number of aliphatic hydroxyl groups excluding tert-OH is 2. The summed E-state index contributed by atoms with van der Waals surface area (Å²) >= 11 is 0. The first kappa shape index (κ1) is 22.6. The largest absolute Gasteiger partial charge is 0.387 e. The Bertz CT molecular complexity index is 1120. The highest BCUT2D eigenvalue weighted by molar-refractivity contribution is 5.83. The fourth-order valence-corrected chi connectivity index (χ4v) is 3.63. The molecule has 0 spiro atoms. The molecule has 1 aromatic carbocycles. The summed E-state index contributed by atoms with van der Waals surface area (Å²) in [4.78, 5) is 36.5. The van der Waals surface area contributed by atoms with Crippen molar-refractivity contribution in [1.82, 2.24) is 30.2 Å². The number of anilines is 1. The lowest BCUT2D eigenvalue weighted by atomic mass is 10.1. The van der Waals surface area contributed by atoms with Gasteiger partial charge in [0, 0.05) is 13.1 Å². The summed E-state index contributed by atoms with van der Waals surface area (Å²) in [6.07, 6.45) is -1.81. The second kappa shape index (κ2) is 9.90. The number of benzene rings is 1. The molecule has 4 atom stereocenters. The molecule has 0 radical (unpaired) electrons. The van der Waals surface area contributed by atoms with E-state index >= 15 is 0 Å². The number of aromatic nitrogens is 4. The molecule has 0 aliphatic carbocycles. The normalized spacial score (nSPS) is 22.4. The molecule has 2 aromatic heterocycles. The summed E-state index contributed by atoms with van der Waals surface area (Å²) in [5, 5.41) is 26.2. The maximum atomic E-state index is 12.5. The van der Waals surface area contributed by atoms with E-state index in [1.807, 2.05) is 30.3 Å². The molecule has 1 aliphatic rings. The molecule has 33 heavy (non-hydrogen) atoms. The average molecular weight is 455 g/mol. The van der Waals surface area contributed by atoms with Crippen LogP contribution >= 0.6 is 0 Å². The van der Waals surface area contributed by atoms with Crippen molar-refractivity contribution in [2.24, 2.45) is 0 Å². The van der Waals surface area contributed by atoms with E-state index in [0.717, 1.165) is 5.56 Å². The molecule has 1 aliphatic heterocycles. The Hall–Kier alpha value is -3.61. The van der Waals surface area contributed by atoms with Crippen LogP contribution in [-0.2, 0) is 20.7 Å². The standard InChI is InChI=1S/C21H25N7O5/c22-18-14-19(26-10-25-18)28(11-27-14)21-16(31)15(30)17(33-21)20(32)24-8-4-7-23-13(29)9-12-5-2-1-3-6-12/h1-3,5-6,10-11,15-17,21,30-31H,4,7-9H2,(H,23,29)(H,24,32)(H2,22,25,26)/t15-,16+,17-,21+/m0/s1. The van der Waals surface area contributed by atoms with Crippen molar-refractivity contribution < 1.29 is 24.5 Å². The SMILES string of the molecule is Nc1ncnc2c1ncn2[C@@H]1O[C@H](C(=O)NCCCNC(=O)Cc2ccccc2)[C@@H](O)[C@H]1O. The Kier molecular flexibility index (Phi) is 6.77. The van der Waals surface area contributed by atoms with Gasteiger partial charge in [-0.05, 0) is 12.0 Å². The summed E-state index contributed by atoms with van der Waals surface area (Å²) < 4.78 is 7.04. The molecule has 1 saturated heterocycles. The minimum atomic E-state index is -1.45. The molecule has 12 heteroatoms. The summed E-state index contributed by atoms with van der Waals surface area (Å²) in [7, 11) is 0. The first-order chi connectivity index (χ1) is 16.0. The quantitative estimate of drug-likeness (QED) is 0.264. The number of nitrogen functional groups attached to an aromatic ring is 1. The number of nitrogens with zero attached hydrogens (tertiary/aromatic N) is 4. The highest BCUT2D eigenvalue weighted by Gasteiger charge is 2.47. The Balaban J connectivity index is 1.25. The average Bonchev–Trinajstić information content (AvgIpc) is 3.36. The number of amides is 2. The van der Waals surface area contributed by atoms with Crippen LogP contribution in [-0.4, -0.2) is 72.9 Å². The van der Waals surface area contributed by atoms with E-state index in [1.54, 1.807) is 0 Å². The van der Waals surface area contributed by atoms with Crippen LogP contribution in [0.25, 0.3) is 11.2 Å². The number of imidazole rings is 1. The summed E-state index contributed by atoms with van der Waals surface area (Å²) in [6.45, 7) is 0.642. The number of nitrogens with two attached hydrogens (primary N) is 1. The Morgan fingerprint density at radius 3 is 2.61 bits per heavy atom. The van der Waals surface area contributed by atoms with Gasteiger partial charge in [-0.1, -0.05) is 30.3 Å². The van der Waals surface area contributed by atoms with Gasteiger partial charge in [0.1, 0.15) is 24.1 Å². The topological polar surface area (TPSA) is 178 Å².